The molecule has 0 N–H and O–H groups in total. The van der Waals surface area contributed by atoms with Crippen LogP contribution in [0.4, 0.5) is 11.4 Å². The van der Waals surface area contributed by atoms with E-state index in [1.54, 1.807) is 0 Å². The SMILES string of the molecule is Cc1cc(C)c(N(C)c2ccccc2C(C)(C)C)c(C)c1C. The summed E-state index contributed by atoms with van der Waals surface area (Å²) < 4.78 is 0. The van der Waals surface area contributed by atoms with Gasteiger partial charge in [0.25, 0.3) is 0 Å². The van der Waals surface area contributed by atoms with Crippen molar-refractivity contribution >= 4 is 11.4 Å². The lowest BCUT2D eigenvalue weighted by molar-refractivity contribution is 0.590. The van der Waals surface area contributed by atoms with Gasteiger partial charge in [0.05, 0.1) is 0 Å². The van der Waals surface area contributed by atoms with Crippen molar-refractivity contribution in [2.75, 3.05) is 11.9 Å². The van der Waals surface area contributed by atoms with E-state index in [9.17, 15) is 0 Å². The normalized spacial score (nSPS) is 11.6. The van der Waals surface area contributed by atoms with Crippen molar-refractivity contribution in [3.05, 3.63) is 58.1 Å². The number of hydrogen-bond donors (Lipinski definition) is 0. The van der Waals surface area contributed by atoms with Gasteiger partial charge in [0.2, 0.25) is 0 Å². The number of rotatable bonds is 2. The summed E-state index contributed by atoms with van der Waals surface area (Å²) in [5, 5.41) is 0. The molecule has 0 saturated heterocycles. The fourth-order valence-electron chi connectivity index (χ4n) is 3.31. The predicted molar refractivity (Wildman–Crippen MR) is 98.6 cm³/mol. The molecule has 0 bridgehead atoms. The van der Waals surface area contributed by atoms with Gasteiger partial charge in [-0.2, -0.15) is 0 Å². The van der Waals surface area contributed by atoms with Gasteiger partial charge in [-0.25, -0.2) is 0 Å². The Bertz CT molecular complexity index is 690. The van der Waals surface area contributed by atoms with Crippen LogP contribution in [0.5, 0.6) is 0 Å². The van der Waals surface area contributed by atoms with Crippen LogP contribution in [0.2, 0.25) is 0 Å². The quantitative estimate of drug-likeness (QED) is 0.658. The van der Waals surface area contributed by atoms with Crippen molar-refractivity contribution in [3.8, 4) is 0 Å². The van der Waals surface area contributed by atoms with Crippen LogP contribution in [0.3, 0.4) is 0 Å². The van der Waals surface area contributed by atoms with E-state index in [-0.39, 0.29) is 5.41 Å². The second-order valence-corrected chi connectivity index (χ2v) is 7.44. The van der Waals surface area contributed by atoms with Crippen molar-refractivity contribution in [1.82, 2.24) is 0 Å². The predicted octanol–water partition coefficient (Wildman–Crippen LogP) is 5.99. The first-order valence-electron chi connectivity index (χ1n) is 8.05. The minimum atomic E-state index is 0.131. The molecule has 2 aromatic rings. The Morgan fingerprint density at radius 2 is 1.41 bits per heavy atom. The molecule has 2 aromatic carbocycles. The zero-order valence-corrected chi connectivity index (χ0v) is 15.3. The Morgan fingerprint density at radius 1 is 0.818 bits per heavy atom. The molecule has 0 spiro atoms. The van der Waals surface area contributed by atoms with Gasteiger partial charge < -0.3 is 4.90 Å². The molecule has 0 aliphatic carbocycles. The van der Waals surface area contributed by atoms with E-state index >= 15 is 0 Å². The Hall–Kier alpha value is -1.76. The summed E-state index contributed by atoms with van der Waals surface area (Å²) in [7, 11) is 2.19. The van der Waals surface area contributed by atoms with Gasteiger partial charge in [-0.1, -0.05) is 45.0 Å². The van der Waals surface area contributed by atoms with Gasteiger partial charge in [-0.3, -0.25) is 0 Å². The Morgan fingerprint density at radius 3 is 2.00 bits per heavy atom. The maximum Gasteiger partial charge on any atom is 0.0470 e. The smallest absolute Gasteiger partial charge is 0.0470 e. The second-order valence-electron chi connectivity index (χ2n) is 7.44. The summed E-state index contributed by atoms with van der Waals surface area (Å²) in [5.74, 6) is 0. The Labute approximate surface area is 136 Å². The summed E-state index contributed by atoms with van der Waals surface area (Å²) in [4.78, 5) is 2.36. The van der Waals surface area contributed by atoms with Crippen molar-refractivity contribution in [2.24, 2.45) is 0 Å². The van der Waals surface area contributed by atoms with Crippen molar-refractivity contribution in [2.45, 2.75) is 53.9 Å². The van der Waals surface area contributed by atoms with Gasteiger partial charge in [-0.15, -0.1) is 0 Å². The van der Waals surface area contributed by atoms with Crippen LogP contribution < -0.4 is 4.90 Å². The van der Waals surface area contributed by atoms with Crippen molar-refractivity contribution < 1.29 is 0 Å². The molecule has 118 valence electrons. The number of nitrogens with zero attached hydrogens (tertiary/aromatic N) is 1. The summed E-state index contributed by atoms with van der Waals surface area (Å²) >= 11 is 0. The summed E-state index contributed by atoms with van der Waals surface area (Å²) in [6.45, 7) is 15.7. The molecule has 0 radical (unpaired) electrons. The zero-order chi connectivity index (χ0) is 16.7. The van der Waals surface area contributed by atoms with Crippen LogP contribution in [0.25, 0.3) is 0 Å². The summed E-state index contributed by atoms with van der Waals surface area (Å²) in [6, 6.07) is 11.0. The highest BCUT2D eigenvalue weighted by Crippen LogP contribution is 2.38. The maximum absolute atomic E-state index is 2.36. The monoisotopic (exact) mass is 295 g/mol. The topological polar surface area (TPSA) is 3.24 Å². The molecule has 0 atom stereocenters. The molecule has 0 unspecified atom stereocenters. The number of para-hydroxylation sites is 1. The lowest BCUT2D eigenvalue weighted by Gasteiger charge is -2.31. The van der Waals surface area contributed by atoms with Gasteiger partial charge in [0.15, 0.2) is 0 Å². The first-order valence-corrected chi connectivity index (χ1v) is 8.05. The number of anilines is 2. The molecule has 0 amide bonds. The highest BCUT2D eigenvalue weighted by atomic mass is 15.1. The van der Waals surface area contributed by atoms with Gasteiger partial charge >= 0.3 is 0 Å². The van der Waals surface area contributed by atoms with E-state index in [1.165, 1.54) is 39.2 Å². The third-order valence-corrected chi connectivity index (χ3v) is 4.72. The number of aryl methyl sites for hydroxylation is 2. The van der Waals surface area contributed by atoms with E-state index in [0.717, 1.165) is 0 Å². The molecule has 0 heterocycles. The molecule has 22 heavy (non-hydrogen) atoms. The van der Waals surface area contributed by atoms with Crippen LogP contribution in [-0.2, 0) is 5.41 Å². The average Bonchev–Trinajstić information content (AvgIpc) is 2.44. The van der Waals surface area contributed by atoms with Crippen LogP contribution in [0.1, 0.15) is 48.6 Å². The molecule has 0 aromatic heterocycles. The molecule has 0 fully saturated rings. The van der Waals surface area contributed by atoms with Gasteiger partial charge in [0, 0.05) is 18.4 Å². The third-order valence-electron chi connectivity index (χ3n) is 4.72. The Balaban J connectivity index is 2.65. The number of hydrogen-bond acceptors (Lipinski definition) is 1. The standard InChI is InChI=1S/C21H29N/c1-14-13-15(2)20(17(4)16(14)3)22(8)19-12-10-9-11-18(19)21(5,6)7/h9-13H,1-8H3. The molecule has 0 aliphatic heterocycles. The minimum Gasteiger partial charge on any atom is -0.344 e. The molecule has 1 nitrogen and oxygen atoms in total. The average molecular weight is 295 g/mol. The van der Waals surface area contributed by atoms with E-state index < -0.39 is 0 Å². The highest BCUT2D eigenvalue weighted by molar-refractivity contribution is 5.73. The molecule has 2 rings (SSSR count). The minimum absolute atomic E-state index is 0.131. The van der Waals surface area contributed by atoms with Crippen LogP contribution >= 0.6 is 0 Å². The van der Waals surface area contributed by atoms with Crippen LogP contribution in [0.15, 0.2) is 30.3 Å². The molecule has 1 heteroatoms. The third kappa shape index (κ3) is 2.90. The van der Waals surface area contributed by atoms with E-state index in [2.05, 4.69) is 90.7 Å². The zero-order valence-electron chi connectivity index (χ0n) is 15.3. The lowest BCUT2D eigenvalue weighted by atomic mass is 9.85. The molecular weight excluding hydrogens is 266 g/mol. The van der Waals surface area contributed by atoms with Gasteiger partial charge in [0.1, 0.15) is 0 Å². The van der Waals surface area contributed by atoms with E-state index in [0.29, 0.717) is 0 Å². The molecular formula is C21H29N. The largest absolute Gasteiger partial charge is 0.344 e. The summed E-state index contributed by atoms with van der Waals surface area (Å²) in [5.41, 5.74) is 9.62. The van der Waals surface area contributed by atoms with Crippen molar-refractivity contribution in [3.63, 3.8) is 0 Å². The lowest BCUT2D eigenvalue weighted by Crippen LogP contribution is -2.20. The Kier molecular flexibility index (Phi) is 4.37. The van der Waals surface area contributed by atoms with Crippen LogP contribution in [-0.4, -0.2) is 7.05 Å². The highest BCUT2D eigenvalue weighted by Gasteiger charge is 2.21. The fraction of sp³-hybridized carbons (Fsp3) is 0.429. The fourth-order valence-corrected chi connectivity index (χ4v) is 3.31. The van der Waals surface area contributed by atoms with Crippen molar-refractivity contribution in [1.29, 1.82) is 0 Å². The van der Waals surface area contributed by atoms with Gasteiger partial charge in [-0.05, 0) is 67.0 Å². The maximum atomic E-state index is 2.36. The van der Waals surface area contributed by atoms with Crippen LogP contribution in [0, 0.1) is 27.7 Å². The summed E-state index contributed by atoms with van der Waals surface area (Å²) in [6.07, 6.45) is 0. The van der Waals surface area contributed by atoms with E-state index in [1.807, 2.05) is 0 Å². The second kappa shape index (κ2) is 5.79. The number of benzene rings is 2. The van der Waals surface area contributed by atoms with E-state index in [4.69, 9.17) is 0 Å². The first-order chi connectivity index (χ1) is 10.1. The molecule has 0 aliphatic rings. The molecule has 0 saturated carbocycles. The first kappa shape index (κ1) is 16.6.